The first-order chi connectivity index (χ1) is 9.05. The maximum atomic E-state index is 12.1. The Morgan fingerprint density at radius 1 is 1.32 bits per heavy atom. The molecular formula is C12H22N4O2S. The van der Waals surface area contributed by atoms with Crippen molar-refractivity contribution in [3.63, 3.8) is 0 Å². The van der Waals surface area contributed by atoms with E-state index in [1.807, 2.05) is 0 Å². The van der Waals surface area contributed by atoms with Crippen LogP contribution in [0.25, 0.3) is 0 Å². The van der Waals surface area contributed by atoms with E-state index in [0.717, 1.165) is 13.1 Å². The van der Waals surface area contributed by atoms with Gasteiger partial charge in [-0.3, -0.25) is 0 Å². The van der Waals surface area contributed by atoms with E-state index >= 15 is 0 Å². The Morgan fingerprint density at radius 2 is 2.00 bits per heavy atom. The lowest BCUT2D eigenvalue weighted by molar-refractivity contribution is 0.309. The molecule has 0 aliphatic rings. The molecule has 1 heterocycles. The van der Waals surface area contributed by atoms with E-state index in [4.69, 9.17) is 0 Å². The van der Waals surface area contributed by atoms with Gasteiger partial charge in [0.2, 0.25) is 0 Å². The fourth-order valence-corrected chi connectivity index (χ4v) is 2.90. The Labute approximate surface area is 115 Å². The summed E-state index contributed by atoms with van der Waals surface area (Å²) in [5, 5.41) is 2.87. The van der Waals surface area contributed by atoms with Gasteiger partial charge in [0, 0.05) is 26.3 Å². The number of rotatable bonds is 8. The molecule has 0 aliphatic carbocycles. The fourth-order valence-electron chi connectivity index (χ4n) is 1.74. The summed E-state index contributed by atoms with van der Waals surface area (Å²) in [4.78, 5) is 6.09. The molecule has 0 bridgehead atoms. The van der Waals surface area contributed by atoms with E-state index in [2.05, 4.69) is 33.8 Å². The van der Waals surface area contributed by atoms with E-state index in [0.29, 0.717) is 18.8 Å². The second-order valence-corrected chi connectivity index (χ2v) is 5.71. The topological polar surface area (TPSA) is 74.3 Å². The van der Waals surface area contributed by atoms with Gasteiger partial charge >= 0.3 is 0 Å². The van der Waals surface area contributed by atoms with Crippen molar-refractivity contribution in [3.05, 3.63) is 18.3 Å². The third-order valence-corrected chi connectivity index (χ3v) is 4.33. The molecule has 0 aliphatic heterocycles. The minimum atomic E-state index is -3.57. The van der Waals surface area contributed by atoms with E-state index in [-0.39, 0.29) is 5.03 Å². The van der Waals surface area contributed by atoms with Gasteiger partial charge in [-0.05, 0) is 25.2 Å². The highest BCUT2D eigenvalue weighted by atomic mass is 32.2. The molecule has 19 heavy (non-hydrogen) atoms. The van der Waals surface area contributed by atoms with Crippen LogP contribution in [0.15, 0.2) is 23.4 Å². The number of nitrogens with one attached hydrogen (secondary N) is 2. The number of anilines is 1. The maximum Gasteiger partial charge on any atom is 0.260 e. The van der Waals surface area contributed by atoms with Crippen molar-refractivity contribution in [2.24, 2.45) is 0 Å². The van der Waals surface area contributed by atoms with Crippen LogP contribution in [0.3, 0.4) is 0 Å². The number of pyridine rings is 1. The van der Waals surface area contributed by atoms with Crippen LogP contribution in [0.4, 0.5) is 5.69 Å². The average molecular weight is 286 g/mol. The molecule has 0 radical (unpaired) electrons. The second kappa shape index (κ2) is 7.42. The van der Waals surface area contributed by atoms with Crippen LogP contribution in [0, 0.1) is 0 Å². The van der Waals surface area contributed by atoms with E-state index in [9.17, 15) is 8.42 Å². The number of likely N-dealkylation sites (N-methyl/N-ethyl adjacent to an activating group) is 1. The SMILES string of the molecule is CCN(CC)CCNS(=O)(=O)c1ncccc1NC. The first-order valence-electron chi connectivity index (χ1n) is 6.40. The summed E-state index contributed by atoms with van der Waals surface area (Å²) in [5.74, 6) is 0. The van der Waals surface area contributed by atoms with Gasteiger partial charge in [0.05, 0.1) is 5.69 Å². The average Bonchev–Trinajstić information content (AvgIpc) is 2.43. The molecule has 7 heteroatoms. The summed E-state index contributed by atoms with van der Waals surface area (Å²) in [6, 6.07) is 3.38. The lowest BCUT2D eigenvalue weighted by atomic mass is 10.4. The van der Waals surface area contributed by atoms with Gasteiger partial charge in [-0.2, -0.15) is 0 Å². The third kappa shape index (κ3) is 4.45. The maximum absolute atomic E-state index is 12.1. The third-order valence-electron chi connectivity index (χ3n) is 2.91. The number of hydrogen-bond acceptors (Lipinski definition) is 5. The van der Waals surface area contributed by atoms with Crippen LogP contribution < -0.4 is 10.0 Å². The molecule has 0 atom stereocenters. The zero-order valence-corrected chi connectivity index (χ0v) is 12.5. The predicted octanol–water partition coefficient (Wildman–Crippen LogP) is 0.743. The molecule has 0 unspecified atom stereocenters. The standard InChI is InChI=1S/C12H22N4O2S/c1-4-16(5-2)10-9-15-19(17,18)12-11(13-3)7-6-8-14-12/h6-8,13,15H,4-5,9-10H2,1-3H3. The van der Waals surface area contributed by atoms with Crippen molar-refractivity contribution >= 4 is 15.7 Å². The first-order valence-corrected chi connectivity index (χ1v) is 7.88. The summed E-state index contributed by atoms with van der Waals surface area (Å²) < 4.78 is 26.9. The lowest BCUT2D eigenvalue weighted by Gasteiger charge is -2.18. The van der Waals surface area contributed by atoms with Gasteiger partial charge in [0.25, 0.3) is 10.0 Å². The zero-order chi connectivity index (χ0) is 14.3. The molecule has 0 aromatic carbocycles. The number of hydrogen-bond donors (Lipinski definition) is 2. The van der Waals surface area contributed by atoms with Gasteiger partial charge in [-0.15, -0.1) is 0 Å². The summed E-state index contributed by atoms with van der Waals surface area (Å²) in [7, 11) is -1.89. The highest BCUT2D eigenvalue weighted by molar-refractivity contribution is 7.89. The lowest BCUT2D eigenvalue weighted by Crippen LogP contribution is -2.35. The number of sulfonamides is 1. The van der Waals surface area contributed by atoms with Crippen LogP contribution in [0.2, 0.25) is 0 Å². The van der Waals surface area contributed by atoms with Crippen molar-refractivity contribution < 1.29 is 8.42 Å². The highest BCUT2D eigenvalue weighted by Crippen LogP contribution is 2.16. The molecule has 1 rings (SSSR count). The van der Waals surface area contributed by atoms with Crippen molar-refractivity contribution in [2.45, 2.75) is 18.9 Å². The van der Waals surface area contributed by atoms with Gasteiger partial charge in [-0.25, -0.2) is 18.1 Å². The minimum absolute atomic E-state index is 0.0389. The molecule has 1 aromatic rings. The normalized spacial score (nSPS) is 11.8. The Bertz CT molecular complexity index is 486. The predicted molar refractivity (Wildman–Crippen MR) is 76.8 cm³/mol. The van der Waals surface area contributed by atoms with Crippen LogP contribution in [-0.4, -0.2) is 51.5 Å². The smallest absolute Gasteiger partial charge is 0.260 e. The van der Waals surface area contributed by atoms with Gasteiger partial charge in [-0.1, -0.05) is 13.8 Å². The fraction of sp³-hybridized carbons (Fsp3) is 0.583. The molecule has 2 N–H and O–H groups in total. The highest BCUT2D eigenvalue weighted by Gasteiger charge is 2.19. The van der Waals surface area contributed by atoms with Crippen LogP contribution in [-0.2, 0) is 10.0 Å². The van der Waals surface area contributed by atoms with Gasteiger partial charge in [0.15, 0.2) is 5.03 Å². The number of nitrogens with zero attached hydrogens (tertiary/aromatic N) is 2. The Morgan fingerprint density at radius 3 is 2.58 bits per heavy atom. The molecule has 0 fully saturated rings. The van der Waals surface area contributed by atoms with Crippen LogP contribution >= 0.6 is 0 Å². The van der Waals surface area contributed by atoms with Crippen molar-refractivity contribution in [2.75, 3.05) is 38.5 Å². The Kier molecular flexibility index (Phi) is 6.20. The van der Waals surface area contributed by atoms with Crippen LogP contribution in [0.1, 0.15) is 13.8 Å². The Hall–Kier alpha value is -1.18. The molecular weight excluding hydrogens is 264 g/mol. The van der Waals surface area contributed by atoms with E-state index in [1.54, 1.807) is 19.2 Å². The molecule has 6 nitrogen and oxygen atoms in total. The van der Waals surface area contributed by atoms with Crippen molar-refractivity contribution in [3.8, 4) is 0 Å². The molecule has 0 amide bonds. The van der Waals surface area contributed by atoms with Crippen LogP contribution in [0.5, 0.6) is 0 Å². The van der Waals surface area contributed by atoms with Crippen molar-refractivity contribution in [1.29, 1.82) is 0 Å². The molecule has 1 aromatic heterocycles. The number of aromatic nitrogens is 1. The van der Waals surface area contributed by atoms with E-state index < -0.39 is 10.0 Å². The quantitative estimate of drug-likeness (QED) is 0.737. The molecule has 108 valence electrons. The monoisotopic (exact) mass is 286 g/mol. The van der Waals surface area contributed by atoms with Gasteiger partial charge < -0.3 is 10.2 Å². The zero-order valence-electron chi connectivity index (χ0n) is 11.7. The molecule has 0 saturated heterocycles. The first kappa shape index (κ1) is 15.9. The largest absolute Gasteiger partial charge is 0.386 e. The molecule has 0 saturated carbocycles. The summed E-state index contributed by atoms with van der Waals surface area (Å²) in [6.07, 6.45) is 1.47. The molecule has 0 spiro atoms. The summed E-state index contributed by atoms with van der Waals surface area (Å²) in [6.45, 7) is 6.98. The minimum Gasteiger partial charge on any atom is -0.386 e. The second-order valence-electron chi connectivity index (χ2n) is 4.03. The van der Waals surface area contributed by atoms with Crippen molar-refractivity contribution in [1.82, 2.24) is 14.6 Å². The van der Waals surface area contributed by atoms with Gasteiger partial charge in [0.1, 0.15) is 0 Å². The summed E-state index contributed by atoms with van der Waals surface area (Å²) in [5.41, 5.74) is 0.498. The van der Waals surface area contributed by atoms with E-state index in [1.165, 1.54) is 6.20 Å². The summed E-state index contributed by atoms with van der Waals surface area (Å²) >= 11 is 0. The Balaban J connectivity index is 2.71.